The second kappa shape index (κ2) is 10.1. The zero-order valence-electron chi connectivity index (χ0n) is 19.6. The molecule has 0 unspecified atom stereocenters. The Morgan fingerprint density at radius 2 is 1.70 bits per heavy atom. The van der Waals surface area contributed by atoms with Crippen LogP contribution < -0.4 is 9.47 Å². The third-order valence-electron chi connectivity index (χ3n) is 7.24. The zero-order valence-corrected chi connectivity index (χ0v) is 19.6. The number of rotatable bonds is 5. The summed E-state index contributed by atoms with van der Waals surface area (Å²) in [6, 6.07) is 17.0. The summed E-state index contributed by atoms with van der Waals surface area (Å²) in [5.74, 6) is 1.93. The second-order valence-corrected chi connectivity index (χ2v) is 9.42. The molecule has 0 spiro atoms. The number of piperazine rings is 1. The number of carbonyl (C=O) groups excluding carboxylic acids is 1. The molecular formula is C27H35N3O3. The summed E-state index contributed by atoms with van der Waals surface area (Å²) in [7, 11) is 0. The van der Waals surface area contributed by atoms with Gasteiger partial charge in [-0.25, -0.2) is 0 Å². The molecule has 6 nitrogen and oxygen atoms in total. The number of ether oxygens (including phenoxy) is 2. The number of carbonyl (C=O) groups is 1. The maximum Gasteiger partial charge on any atom is 0.239 e. The molecule has 5 rings (SSSR count). The van der Waals surface area contributed by atoms with Gasteiger partial charge in [-0.05, 0) is 49.6 Å². The normalized spacial score (nSPS) is 22.7. The summed E-state index contributed by atoms with van der Waals surface area (Å²) in [6.45, 7) is 8.85. The van der Waals surface area contributed by atoms with Crippen molar-refractivity contribution >= 4 is 5.91 Å². The van der Waals surface area contributed by atoms with Gasteiger partial charge in [-0.15, -0.1) is 0 Å². The van der Waals surface area contributed by atoms with Crippen LogP contribution in [0, 0.1) is 0 Å². The number of benzene rings is 2. The van der Waals surface area contributed by atoms with E-state index in [1.807, 2.05) is 6.07 Å². The molecule has 0 radical (unpaired) electrons. The second-order valence-electron chi connectivity index (χ2n) is 9.42. The molecule has 1 amide bonds. The fourth-order valence-corrected chi connectivity index (χ4v) is 5.37. The van der Waals surface area contributed by atoms with Gasteiger partial charge in [-0.1, -0.05) is 36.4 Å². The van der Waals surface area contributed by atoms with E-state index >= 15 is 0 Å². The first kappa shape index (κ1) is 22.2. The summed E-state index contributed by atoms with van der Waals surface area (Å²) in [5.41, 5.74) is 2.56. The minimum Gasteiger partial charge on any atom is -0.490 e. The predicted octanol–water partition coefficient (Wildman–Crippen LogP) is 3.72. The number of likely N-dealkylation sites (tertiary alicyclic amines) is 1. The van der Waals surface area contributed by atoms with Gasteiger partial charge in [0, 0.05) is 45.2 Å². The summed E-state index contributed by atoms with van der Waals surface area (Å²) in [4.78, 5) is 20.3. The topological polar surface area (TPSA) is 45.3 Å². The predicted molar refractivity (Wildman–Crippen MR) is 128 cm³/mol. The molecule has 2 saturated heterocycles. The first-order chi connectivity index (χ1) is 16.2. The lowest BCUT2D eigenvalue weighted by atomic mass is 10.0. The van der Waals surface area contributed by atoms with Crippen LogP contribution in [0.5, 0.6) is 11.5 Å². The first-order valence-corrected chi connectivity index (χ1v) is 12.4. The molecule has 2 aromatic rings. The van der Waals surface area contributed by atoms with Crippen LogP contribution in [0.25, 0.3) is 0 Å². The highest BCUT2D eigenvalue weighted by Crippen LogP contribution is 2.39. The average Bonchev–Trinajstić information content (AvgIpc) is 3.23. The monoisotopic (exact) mass is 449 g/mol. The van der Waals surface area contributed by atoms with E-state index in [0.717, 1.165) is 70.0 Å². The lowest BCUT2D eigenvalue weighted by Gasteiger charge is -2.38. The van der Waals surface area contributed by atoms with Gasteiger partial charge in [0.1, 0.15) is 0 Å². The molecule has 3 heterocycles. The molecule has 0 N–H and O–H groups in total. The van der Waals surface area contributed by atoms with E-state index in [1.165, 1.54) is 11.1 Å². The van der Waals surface area contributed by atoms with Crippen molar-refractivity contribution in [2.75, 3.05) is 45.9 Å². The van der Waals surface area contributed by atoms with Crippen molar-refractivity contribution < 1.29 is 14.3 Å². The molecule has 2 atom stereocenters. The Kier molecular flexibility index (Phi) is 6.83. The van der Waals surface area contributed by atoms with Crippen molar-refractivity contribution in [1.82, 2.24) is 14.7 Å². The maximum absolute atomic E-state index is 13.4. The molecule has 3 aliphatic heterocycles. The number of hydrogen-bond donors (Lipinski definition) is 0. The minimum atomic E-state index is -0.117. The quantitative estimate of drug-likeness (QED) is 0.696. The van der Waals surface area contributed by atoms with E-state index in [0.29, 0.717) is 13.2 Å². The lowest BCUT2D eigenvalue weighted by molar-refractivity contribution is -0.138. The van der Waals surface area contributed by atoms with Crippen LogP contribution in [0.4, 0.5) is 0 Å². The molecular weight excluding hydrogens is 414 g/mol. The Balaban J connectivity index is 1.20. The molecule has 0 bridgehead atoms. The van der Waals surface area contributed by atoms with E-state index in [2.05, 4.69) is 64.1 Å². The van der Waals surface area contributed by atoms with Crippen molar-refractivity contribution in [3.63, 3.8) is 0 Å². The summed E-state index contributed by atoms with van der Waals surface area (Å²) in [6.07, 6.45) is 3.09. The first-order valence-electron chi connectivity index (χ1n) is 12.4. The summed E-state index contributed by atoms with van der Waals surface area (Å²) < 4.78 is 11.7. The van der Waals surface area contributed by atoms with Gasteiger partial charge in [0.25, 0.3) is 0 Å². The SMILES string of the molecule is C[C@H](C(=O)N1CCN(Cc2ccccc2)CC1)N1CCC[C@@H]1c1ccc2c(c1)OCCCO2. The fourth-order valence-electron chi connectivity index (χ4n) is 5.37. The van der Waals surface area contributed by atoms with Crippen molar-refractivity contribution in [2.24, 2.45) is 0 Å². The molecule has 176 valence electrons. The van der Waals surface area contributed by atoms with Gasteiger partial charge in [0.15, 0.2) is 11.5 Å². The maximum atomic E-state index is 13.4. The van der Waals surface area contributed by atoms with Gasteiger partial charge in [-0.3, -0.25) is 14.6 Å². The minimum absolute atomic E-state index is 0.117. The smallest absolute Gasteiger partial charge is 0.239 e. The molecule has 33 heavy (non-hydrogen) atoms. The number of hydrogen-bond acceptors (Lipinski definition) is 5. The third-order valence-corrected chi connectivity index (χ3v) is 7.24. The highest BCUT2D eigenvalue weighted by Gasteiger charge is 2.36. The Hall–Kier alpha value is -2.57. The standard InChI is InChI=1S/C27H35N3O3/c1-21(27(31)29-15-13-28(14-16-29)20-22-7-3-2-4-8-22)30-12-5-9-24(30)23-10-11-25-26(19-23)33-18-6-17-32-25/h2-4,7-8,10-11,19,21,24H,5-6,9,12-18,20H2,1H3/t21-,24-/m1/s1. The fraction of sp³-hybridized carbons (Fsp3) is 0.519. The van der Waals surface area contributed by atoms with Gasteiger partial charge in [0.05, 0.1) is 19.3 Å². The molecule has 2 fully saturated rings. The largest absolute Gasteiger partial charge is 0.490 e. The van der Waals surface area contributed by atoms with Gasteiger partial charge >= 0.3 is 0 Å². The van der Waals surface area contributed by atoms with Gasteiger partial charge < -0.3 is 14.4 Å². The number of amides is 1. The Bertz CT molecular complexity index is 943. The highest BCUT2D eigenvalue weighted by atomic mass is 16.5. The Morgan fingerprint density at radius 3 is 2.48 bits per heavy atom. The van der Waals surface area contributed by atoms with Crippen LogP contribution >= 0.6 is 0 Å². The van der Waals surface area contributed by atoms with Crippen molar-refractivity contribution in [3.05, 3.63) is 59.7 Å². The van der Waals surface area contributed by atoms with Crippen LogP contribution in [0.3, 0.4) is 0 Å². The summed E-state index contributed by atoms with van der Waals surface area (Å²) >= 11 is 0. The Labute approximate surface area is 197 Å². The third kappa shape index (κ3) is 5.02. The van der Waals surface area contributed by atoms with Gasteiger partial charge in [-0.2, -0.15) is 0 Å². The van der Waals surface area contributed by atoms with Gasteiger partial charge in [0.2, 0.25) is 5.91 Å². The molecule has 0 aromatic heterocycles. The zero-order chi connectivity index (χ0) is 22.6. The van der Waals surface area contributed by atoms with Crippen LogP contribution in [0.1, 0.15) is 43.4 Å². The summed E-state index contributed by atoms with van der Waals surface area (Å²) in [5, 5.41) is 0. The van der Waals surface area contributed by atoms with Crippen molar-refractivity contribution in [1.29, 1.82) is 0 Å². The average molecular weight is 450 g/mol. The van der Waals surface area contributed by atoms with E-state index < -0.39 is 0 Å². The van der Waals surface area contributed by atoms with Crippen LogP contribution in [0.15, 0.2) is 48.5 Å². The van der Waals surface area contributed by atoms with Crippen molar-refractivity contribution in [2.45, 2.75) is 44.8 Å². The number of fused-ring (bicyclic) bond motifs is 1. The van der Waals surface area contributed by atoms with Crippen LogP contribution in [-0.2, 0) is 11.3 Å². The van der Waals surface area contributed by atoms with Crippen LogP contribution in [-0.4, -0.2) is 72.6 Å². The van der Waals surface area contributed by atoms with Crippen LogP contribution in [0.2, 0.25) is 0 Å². The molecule has 0 saturated carbocycles. The molecule has 6 heteroatoms. The van der Waals surface area contributed by atoms with Crippen molar-refractivity contribution in [3.8, 4) is 11.5 Å². The van der Waals surface area contributed by atoms with E-state index in [1.54, 1.807) is 0 Å². The Morgan fingerprint density at radius 1 is 0.939 bits per heavy atom. The van der Waals surface area contributed by atoms with E-state index in [9.17, 15) is 4.79 Å². The lowest BCUT2D eigenvalue weighted by Crippen LogP contribution is -2.53. The number of nitrogens with zero attached hydrogens (tertiary/aromatic N) is 3. The molecule has 2 aromatic carbocycles. The van der Waals surface area contributed by atoms with E-state index in [4.69, 9.17) is 9.47 Å². The molecule has 3 aliphatic rings. The van der Waals surface area contributed by atoms with E-state index in [-0.39, 0.29) is 18.0 Å². The highest BCUT2D eigenvalue weighted by molar-refractivity contribution is 5.81. The molecule has 0 aliphatic carbocycles.